The summed E-state index contributed by atoms with van der Waals surface area (Å²) in [5.41, 5.74) is -2.37. The summed E-state index contributed by atoms with van der Waals surface area (Å²) in [6, 6.07) is 9.25. The summed E-state index contributed by atoms with van der Waals surface area (Å²) in [6.45, 7) is 0. The van der Waals surface area contributed by atoms with Gasteiger partial charge in [-0.2, -0.15) is 0 Å². The van der Waals surface area contributed by atoms with E-state index in [4.69, 9.17) is 4.74 Å². The lowest BCUT2D eigenvalue weighted by Gasteiger charge is -2.35. The summed E-state index contributed by atoms with van der Waals surface area (Å²) >= 11 is 1.30. The molecule has 0 fully saturated rings. The second-order valence-electron chi connectivity index (χ2n) is 5.18. The van der Waals surface area contributed by atoms with Crippen LogP contribution < -0.4 is 9.84 Å². The molecule has 116 valence electrons. The van der Waals surface area contributed by atoms with E-state index in [2.05, 4.69) is 0 Å². The predicted molar refractivity (Wildman–Crippen MR) is 77.1 cm³/mol. The number of carboxylic acid groups (broad SMARTS) is 1. The Hall–Kier alpha value is -1.93. The molecule has 0 spiro atoms. The molecule has 6 nitrogen and oxygen atoms in total. The third-order valence-corrected chi connectivity index (χ3v) is 4.53. The minimum atomic E-state index is -2.37. The predicted octanol–water partition coefficient (Wildman–Crippen LogP) is -0.230. The average Bonchev–Trinajstić information content (AvgIpc) is 2.86. The fourth-order valence-electron chi connectivity index (χ4n) is 2.36. The topological polar surface area (TPSA) is 110 Å². The highest BCUT2D eigenvalue weighted by molar-refractivity contribution is 7.20. The van der Waals surface area contributed by atoms with Gasteiger partial charge in [-0.25, -0.2) is 0 Å². The first-order chi connectivity index (χ1) is 10.4. The lowest BCUT2D eigenvalue weighted by molar-refractivity contribution is -0.323. The van der Waals surface area contributed by atoms with Gasteiger partial charge in [-0.05, 0) is 17.5 Å². The van der Waals surface area contributed by atoms with E-state index in [-0.39, 0.29) is 5.76 Å². The van der Waals surface area contributed by atoms with Crippen molar-refractivity contribution in [3.8, 4) is 5.06 Å². The molecule has 1 aromatic heterocycles. The maximum Gasteiger partial charge on any atom is 0.181 e. The van der Waals surface area contributed by atoms with Crippen LogP contribution in [0, 0.1) is 0 Å². The van der Waals surface area contributed by atoms with Crippen LogP contribution in [0.15, 0.2) is 42.2 Å². The van der Waals surface area contributed by atoms with Gasteiger partial charge < -0.3 is 30.0 Å². The van der Waals surface area contributed by atoms with E-state index in [0.717, 1.165) is 16.2 Å². The van der Waals surface area contributed by atoms with Crippen LogP contribution in [-0.2, 0) is 4.79 Å². The number of aliphatic hydroxyl groups excluding tert-OH is 2. The maximum absolute atomic E-state index is 11.0. The molecule has 22 heavy (non-hydrogen) atoms. The van der Waals surface area contributed by atoms with E-state index in [1.54, 1.807) is 6.07 Å². The normalized spacial score (nSPS) is 28.4. The highest BCUT2D eigenvalue weighted by Gasteiger charge is 2.40. The monoisotopic (exact) mass is 321 g/mol. The van der Waals surface area contributed by atoms with E-state index in [1.807, 2.05) is 24.3 Å². The molecule has 1 aliphatic carbocycles. The standard InChI is InChI=1S/C15H14O6S/c16-9-6-15(20,14(18)19)7-10(13(9)17)21-12-5-8-3-1-2-4-11(8)22-12/h1-5,7,9,13,16-17,20H,6H2,(H,18,19)/p-1/t9-,13+,15-/m1/s1. The molecular weight excluding hydrogens is 308 g/mol. The molecule has 0 bridgehead atoms. The number of aliphatic carboxylic acids is 1. The summed E-state index contributed by atoms with van der Waals surface area (Å²) in [4.78, 5) is 11.0. The van der Waals surface area contributed by atoms with Crippen LogP contribution in [-0.4, -0.2) is 39.1 Å². The van der Waals surface area contributed by atoms with Crippen LogP contribution in [0.5, 0.6) is 5.06 Å². The molecule has 0 radical (unpaired) electrons. The van der Waals surface area contributed by atoms with Gasteiger partial charge in [0.2, 0.25) is 0 Å². The number of thiophene rings is 1. The maximum atomic E-state index is 11.0. The van der Waals surface area contributed by atoms with Gasteiger partial charge >= 0.3 is 0 Å². The SMILES string of the molecule is O=C([O-])[C@]1(O)C=C(Oc2cc3ccccc3s2)[C@@H](O)[C@H](O)C1. The molecule has 0 saturated carbocycles. The minimum absolute atomic E-state index is 0.211. The molecule has 2 aromatic rings. The second-order valence-corrected chi connectivity index (χ2v) is 6.23. The van der Waals surface area contributed by atoms with Crippen LogP contribution in [0.25, 0.3) is 10.1 Å². The number of benzene rings is 1. The van der Waals surface area contributed by atoms with Crippen molar-refractivity contribution in [1.29, 1.82) is 0 Å². The Labute approximate surface area is 129 Å². The van der Waals surface area contributed by atoms with E-state index in [0.29, 0.717) is 5.06 Å². The summed E-state index contributed by atoms with van der Waals surface area (Å²) in [5, 5.41) is 42.0. The number of aliphatic hydroxyl groups is 3. The third kappa shape index (κ3) is 2.59. The molecule has 3 atom stereocenters. The summed E-state index contributed by atoms with van der Waals surface area (Å²) in [5.74, 6) is -1.96. The number of hydrogen-bond donors (Lipinski definition) is 3. The van der Waals surface area contributed by atoms with Gasteiger partial charge in [0.15, 0.2) is 5.06 Å². The molecule has 0 amide bonds. The van der Waals surface area contributed by atoms with Crippen LogP contribution >= 0.6 is 11.3 Å². The van der Waals surface area contributed by atoms with E-state index < -0.39 is 30.2 Å². The van der Waals surface area contributed by atoms with Gasteiger partial charge in [0, 0.05) is 17.2 Å². The highest BCUT2D eigenvalue weighted by atomic mass is 32.1. The van der Waals surface area contributed by atoms with E-state index in [1.165, 1.54) is 11.3 Å². The molecule has 0 saturated heterocycles. The third-order valence-electron chi connectivity index (χ3n) is 3.53. The Balaban J connectivity index is 1.94. The Kier molecular flexibility index (Phi) is 3.65. The first-order valence-electron chi connectivity index (χ1n) is 6.58. The fourth-order valence-corrected chi connectivity index (χ4v) is 3.29. The van der Waals surface area contributed by atoms with Crippen molar-refractivity contribution in [2.75, 3.05) is 0 Å². The zero-order valence-electron chi connectivity index (χ0n) is 11.3. The molecule has 3 N–H and O–H groups in total. The Morgan fingerprint density at radius 3 is 2.77 bits per heavy atom. The smallest absolute Gasteiger partial charge is 0.181 e. The van der Waals surface area contributed by atoms with Crippen molar-refractivity contribution in [2.45, 2.75) is 24.2 Å². The molecule has 3 rings (SSSR count). The van der Waals surface area contributed by atoms with Gasteiger partial charge in [-0.3, -0.25) is 0 Å². The largest absolute Gasteiger partial charge is 0.547 e. The number of rotatable bonds is 3. The first kappa shape index (κ1) is 15.0. The molecule has 1 aliphatic rings. The number of carboxylic acids is 1. The van der Waals surface area contributed by atoms with Crippen molar-refractivity contribution in [3.63, 3.8) is 0 Å². The van der Waals surface area contributed by atoms with Crippen molar-refractivity contribution >= 4 is 27.4 Å². The molecule has 1 heterocycles. The molecule has 0 aliphatic heterocycles. The zero-order valence-corrected chi connectivity index (χ0v) is 12.1. The highest BCUT2D eigenvalue weighted by Crippen LogP contribution is 2.35. The fraction of sp³-hybridized carbons (Fsp3) is 0.267. The van der Waals surface area contributed by atoms with Gasteiger partial charge in [0.1, 0.15) is 17.5 Å². The van der Waals surface area contributed by atoms with Crippen LogP contribution in [0.1, 0.15) is 6.42 Å². The van der Waals surface area contributed by atoms with Gasteiger partial charge in [-0.1, -0.05) is 29.5 Å². The second kappa shape index (κ2) is 5.36. The first-order valence-corrected chi connectivity index (χ1v) is 7.40. The number of carbonyl (C=O) groups is 1. The van der Waals surface area contributed by atoms with E-state index >= 15 is 0 Å². The van der Waals surface area contributed by atoms with Gasteiger partial charge in [-0.15, -0.1) is 0 Å². The molecule has 7 heteroatoms. The molecule has 1 aromatic carbocycles. The van der Waals surface area contributed by atoms with Gasteiger partial charge in [0.25, 0.3) is 0 Å². The minimum Gasteiger partial charge on any atom is -0.547 e. The number of hydrogen-bond acceptors (Lipinski definition) is 7. The van der Waals surface area contributed by atoms with Crippen molar-refractivity contribution in [3.05, 3.63) is 42.2 Å². The lowest BCUT2D eigenvalue weighted by atomic mass is 9.86. The zero-order chi connectivity index (χ0) is 15.9. The Bertz CT molecular complexity index is 718. The van der Waals surface area contributed by atoms with Crippen molar-refractivity contribution in [2.24, 2.45) is 0 Å². The van der Waals surface area contributed by atoms with E-state index in [9.17, 15) is 25.2 Å². The quantitative estimate of drug-likeness (QED) is 0.720. The summed E-state index contributed by atoms with van der Waals surface area (Å²) in [6.07, 6.45) is -2.55. The van der Waals surface area contributed by atoms with Crippen LogP contribution in [0.2, 0.25) is 0 Å². The Morgan fingerprint density at radius 1 is 1.36 bits per heavy atom. The van der Waals surface area contributed by atoms with Crippen molar-refractivity contribution in [1.82, 2.24) is 0 Å². The Morgan fingerprint density at radius 2 is 2.09 bits per heavy atom. The molecule has 0 unspecified atom stereocenters. The number of fused-ring (bicyclic) bond motifs is 1. The van der Waals surface area contributed by atoms with Crippen LogP contribution in [0.4, 0.5) is 0 Å². The number of ether oxygens (including phenoxy) is 1. The molecular formula is C15H13O6S-. The van der Waals surface area contributed by atoms with Crippen LogP contribution in [0.3, 0.4) is 0 Å². The number of carbonyl (C=O) groups excluding carboxylic acids is 1. The summed E-state index contributed by atoms with van der Waals surface area (Å²) in [7, 11) is 0. The van der Waals surface area contributed by atoms with Gasteiger partial charge in [0.05, 0.1) is 12.1 Å². The lowest BCUT2D eigenvalue weighted by Crippen LogP contribution is -2.54. The van der Waals surface area contributed by atoms with Crippen molar-refractivity contribution < 1.29 is 30.0 Å². The average molecular weight is 321 g/mol. The summed E-state index contributed by atoms with van der Waals surface area (Å²) < 4.78 is 6.44.